The first-order chi connectivity index (χ1) is 14.6. The van der Waals surface area contributed by atoms with Crippen molar-refractivity contribution in [1.29, 1.82) is 0 Å². The molecule has 0 radical (unpaired) electrons. The number of benzene rings is 1. The van der Waals surface area contributed by atoms with E-state index >= 15 is 0 Å². The minimum Gasteiger partial charge on any atom is -0.491 e. The van der Waals surface area contributed by atoms with Gasteiger partial charge in [-0.15, -0.1) is 35.3 Å². The van der Waals surface area contributed by atoms with Gasteiger partial charge in [0.1, 0.15) is 11.5 Å². The van der Waals surface area contributed by atoms with Crippen LogP contribution in [0.4, 0.5) is 0 Å². The van der Waals surface area contributed by atoms with Crippen LogP contribution in [0.3, 0.4) is 0 Å². The third-order valence-corrected chi connectivity index (χ3v) is 5.18. The monoisotopic (exact) mass is 555 g/mol. The van der Waals surface area contributed by atoms with Gasteiger partial charge in [-0.1, -0.05) is 18.2 Å². The Bertz CT molecular complexity index is 881. The van der Waals surface area contributed by atoms with Crippen LogP contribution >= 0.6 is 35.3 Å². The Morgan fingerprint density at radius 3 is 2.58 bits per heavy atom. The summed E-state index contributed by atoms with van der Waals surface area (Å²) in [5.41, 5.74) is 0.826. The van der Waals surface area contributed by atoms with Crippen molar-refractivity contribution in [2.45, 2.75) is 39.0 Å². The lowest BCUT2D eigenvalue weighted by molar-refractivity contribution is 0.180. The number of guanidine groups is 1. The van der Waals surface area contributed by atoms with E-state index in [1.54, 1.807) is 17.6 Å². The summed E-state index contributed by atoms with van der Waals surface area (Å²) in [5.74, 6) is 2.38. The first kappa shape index (κ1) is 25.2. The Hall–Kier alpha value is -2.04. The van der Waals surface area contributed by atoms with E-state index in [9.17, 15) is 5.11 Å². The normalized spacial score (nSPS) is 12.3. The van der Waals surface area contributed by atoms with Gasteiger partial charge in [0.2, 0.25) is 0 Å². The molecule has 0 spiro atoms. The summed E-state index contributed by atoms with van der Waals surface area (Å²) < 4.78 is 11.0. The maximum atomic E-state index is 10.6. The number of hydrogen-bond donors (Lipinski definition) is 3. The predicted molar refractivity (Wildman–Crippen MR) is 136 cm³/mol. The number of nitrogens with zero attached hydrogens (tertiary/aromatic N) is 1. The number of nitrogens with one attached hydrogen (secondary N) is 2. The maximum absolute atomic E-state index is 10.6. The summed E-state index contributed by atoms with van der Waals surface area (Å²) in [4.78, 5) is 5.82. The molecular weight excluding hydrogens is 525 g/mol. The van der Waals surface area contributed by atoms with Gasteiger partial charge in [0, 0.05) is 24.4 Å². The molecule has 168 valence electrons. The lowest BCUT2D eigenvalue weighted by Crippen LogP contribution is -2.40. The molecule has 1 atom stereocenters. The van der Waals surface area contributed by atoms with Crippen molar-refractivity contribution in [2.75, 3.05) is 13.1 Å². The van der Waals surface area contributed by atoms with Gasteiger partial charge in [0.05, 0.1) is 25.0 Å². The average molecular weight is 555 g/mol. The van der Waals surface area contributed by atoms with Crippen molar-refractivity contribution in [2.24, 2.45) is 4.99 Å². The third kappa shape index (κ3) is 8.92. The molecule has 1 unspecified atom stereocenters. The second-order valence-corrected chi connectivity index (χ2v) is 8.16. The Labute approximate surface area is 204 Å². The number of aliphatic imine (C=N–C) groups is 1. The maximum Gasteiger partial charge on any atom is 0.191 e. The minimum absolute atomic E-state index is 0. The second-order valence-electron chi connectivity index (χ2n) is 7.13. The fourth-order valence-corrected chi connectivity index (χ4v) is 3.47. The van der Waals surface area contributed by atoms with Crippen LogP contribution in [0.15, 0.2) is 69.6 Å². The van der Waals surface area contributed by atoms with Crippen molar-refractivity contribution in [3.05, 3.63) is 76.4 Å². The van der Waals surface area contributed by atoms with Crippen LogP contribution in [0.5, 0.6) is 5.75 Å². The smallest absolute Gasteiger partial charge is 0.191 e. The SMILES string of the molecule is CC(C)Oc1ccc(C(O)CNC(=NCc2cccs2)NCCc2ccco2)cc1.I. The molecular formula is C23H30IN3O3S. The van der Waals surface area contributed by atoms with E-state index in [0.29, 0.717) is 25.6 Å². The van der Waals surface area contributed by atoms with E-state index in [4.69, 9.17) is 9.15 Å². The van der Waals surface area contributed by atoms with Gasteiger partial charge in [0.25, 0.3) is 0 Å². The molecule has 6 nitrogen and oxygen atoms in total. The highest BCUT2D eigenvalue weighted by molar-refractivity contribution is 14.0. The molecule has 31 heavy (non-hydrogen) atoms. The molecule has 3 rings (SSSR count). The molecule has 3 N–H and O–H groups in total. The summed E-state index contributed by atoms with van der Waals surface area (Å²) in [6.45, 7) is 5.60. The zero-order valence-corrected chi connectivity index (χ0v) is 20.9. The van der Waals surface area contributed by atoms with Crippen molar-refractivity contribution in [3.63, 3.8) is 0 Å². The molecule has 0 aliphatic carbocycles. The standard InChI is InChI=1S/C23H29N3O3S.HI/c1-17(2)29-20-9-7-18(8-10-20)22(27)16-26-23(25-15-21-6-4-14-30-21)24-12-11-19-5-3-13-28-19;/h3-10,13-14,17,22,27H,11-12,15-16H2,1-2H3,(H2,24,25,26);1H. The molecule has 2 heterocycles. The fourth-order valence-electron chi connectivity index (χ4n) is 2.84. The van der Waals surface area contributed by atoms with Gasteiger partial charge in [-0.3, -0.25) is 0 Å². The van der Waals surface area contributed by atoms with Gasteiger partial charge >= 0.3 is 0 Å². The number of ether oxygens (including phenoxy) is 1. The highest BCUT2D eigenvalue weighted by atomic mass is 127. The molecule has 3 aromatic rings. The number of halogens is 1. The third-order valence-electron chi connectivity index (χ3n) is 4.32. The van der Waals surface area contributed by atoms with Gasteiger partial charge in [0.15, 0.2) is 5.96 Å². The lowest BCUT2D eigenvalue weighted by Gasteiger charge is -2.17. The highest BCUT2D eigenvalue weighted by Crippen LogP contribution is 2.18. The van der Waals surface area contributed by atoms with Crippen molar-refractivity contribution >= 4 is 41.3 Å². The zero-order chi connectivity index (χ0) is 21.2. The number of rotatable bonds is 10. The first-order valence-corrected chi connectivity index (χ1v) is 11.0. The molecule has 8 heteroatoms. The lowest BCUT2D eigenvalue weighted by atomic mass is 10.1. The summed E-state index contributed by atoms with van der Waals surface area (Å²) in [7, 11) is 0. The van der Waals surface area contributed by atoms with Crippen molar-refractivity contribution in [3.8, 4) is 5.75 Å². The van der Waals surface area contributed by atoms with E-state index in [2.05, 4.69) is 21.7 Å². The van der Waals surface area contributed by atoms with Crippen LogP contribution in [0.1, 0.15) is 36.2 Å². The molecule has 0 saturated heterocycles. The van der Waals surface area contributed by atoms with Crippen LogP contribution in [0.25, 0.3) is 0 Å². The van der Waals surface area contributed by atoms with E-state index in [1.807, 2.05) is 61.7 Å². The molecule has 0 amide bonds. The summed E-state index contributed by atoms with van der Waals surface area (Å²) in [6.07, 6.45) is 1.90. The molecule has 2 aromatic heterocycles. The molecule has 0 bridgehead atoms. The number of thiophene rings is 1. The highest BCUT2D eigenvalue weighted by Gasteiger charge is 2.10. The number of furan rings is 1. The number of aliphatic hydroxyl groups is 1. The Kier molecular flexibility index (Phi) is 10.9. The molecule has 0 aliphatic rings. The fraction of sp³-hybridized carbons (Fsp3) is 0.348. The van der Waals surface area contributed by atoms with Crippen LogP contribution in [-0.2, 0) is 13.0 Å². The van der Waals surface area contributed by atoms with Crippen LogP contribution < -0.4 is 15.4 Å². The van der Waals surface area contributed by atoms with Gasteiger partial charge in [-0.05, 0) is 55.1 Å². The van der Waals surface area contributed by atoms with Crippen molar-refractivity contribution < 1.29 is 14.3 Å². The largest absolute Gasteiger partial charge is 0.491 e. The van der Waals surface area contributed by atoms with Gasteiger partial charge in [-0.2, -0.15) is 0 Å². The molecule has 0 fully saturated rings. The Morgan fingerprint density at radius 2 is 1.94 bits per heavy atom. The predicted octanol–water partition coefficient (Wildman–Crippen LogP) is 4.76. The molecule has 0 aliphatic heterocycles. The van der Waals surface area contributed by atoms with E-state index in [-0.39, 0.29) is 30.1 Å². The average Bonchev–Trinajstić information content (AvgIpc) is 3.43. The van der Waals surface area contributed by atoms with E-state index < -0.39 is 6.10 Å². The van der Waals surface area contributed by atoms with Gasteiger partial charge in [-0.25, -0.2) is 4.99 Å². The number of hydrogen-bond acceptors (Lipinski definition) is 5. The van der Waals surface area contributed by atoms with E-state index in [1.165, 1.54) is 4.88 Å². The van der Waals surface area contributed by atoms with Crippen LogP contribution in [-0.4, -0.2) is 30.3 Å². The quantitative estimate of drug-likeness (QED) is 0.191. The molecule has 1 aromatic carbocycles. The zero-order valence-electron chi connectivity index (χ0n) is 17.8. The van der Waals surface area contributed by atoms with E-state index in [0.717, 1.165) is 23.5 Å². The number of aliphatic hydroxyl groups excluding tert-OH is 1. The molecule has 0 saturated carbocycles. The van der Waals surface area contributed by atoms with Crippen LogP contribution in [0.2, 0.25) is 0 Å². The summed E-state index contributed by atoms with van der Waals surface area (Å²) in [6, 6.07) is 15.4. The minimum atomic E-state index is -0.656. The topological polar surface area (TPSA) is 79.0 Å². The van der Waals surface area contributed by atoms with Crippen molar-refractivity contribution in [1.82, 2.24) is 10.6 Å². The summed E-state index contributed by atoms with van der Waals surface area (Å²) >= 11 is 1.67. The summed E-state index contributed by atoms with van der Waals surface area (Å²) in [5, 5.41) is 19.2. The Balaban J connectivity index is 0.00000341. The van der Waals surface area contributed by atoms with Crippen LogP contribution in [0, 0.1) is 0 Å². The second kappa shape index (κ2) is 13.4. The Morgan fingerprint density at radius 1 is 1.13 bits per heavy atom. The van der Waals surface area contributed by atoms with Gasteiger partial charge < -0.3 is 24.9 Å². The first-order valence-electron chi connectivity index (χ1n) is 10.1.